The third kappa shape index (κ3) is 3.04. The van der Waals surface area contributed by atoms with Gasteiger partial charge in [0.05, 0.1) is 0 Å². The molecule has 0 saturated carbocycles. The van der Waals surface area contributed by atoms with E-state index in [2.05, 4.69) is 5.32 Å². The van der Waals surface area contributed by atoms with Crippen molar-refractivity contribution in [3.63, 3.8) is 0 Å². The minimum atomic E-state index is 0. The predicted molar refractivity (Wildman–Crippen MR) is 79.1 cm³/mol. The quantitative estimate of drug-likeness (QED) is 0.864. The van der Waals surface area contributed by atoms with Crippen LogP contribution in [0.15, 0.2) is 24.3 Å². The van der Waals surface area contributed by atoms with Gasteiger partial charge in [-0.05, 0) is 43.5 Å². The standard InChI is InChI=1S/C14H17ClN2O.ClH/c15-12-3-1-2-10(8-12)14(18)17-7-5-13-11(9-17)4-6-16-13;/h1-3,8,11,13,16H,4-7,9H2;1H. The molecule has 1 N–H and O–H groups in total. The van der Waals surface area contributed by atoms with Gasteiger partial charge in [0, 0.05) is 29.7 Å². The predicted octanol–water partition coefficient (Wildman–Crippen LogP) is 2.59. The lowest BCUT2D eigenvalue weighted by Crippen LogP contribution is -2.46. The zero-order valence-electron chi connectivity index (χ0n) is 10.6. The number of halogens is 2. The van der Waals surface area contributed by atoms with E-state index in [4.69, 9.17) is 11.6 Å². The van der Waals surface area contributed by atoms with Gasteiger partial charge >= 0.3 is 0 Å². The molecule has 0 aromatic heterocycles. The lowest BCUT2D eigenvalue weighted by Gasteiger charge is -2.34. The fourth-order valence-corrected chi connectivity index (χ4v) is 3.23. The van der Waals surface area contributed by atoms with Gasteiger partial charge < -0.3 is 10.2 Å². The maximum absolute atomic E-state index is 12.4. The van der Waals surface area contributed by atoms with Crippen LogP contribution < -0.4 is 5.32 Å². The van der Waals surface area contributed by atoms with Gasteiger partial charge in [-0.25, -0.2) is 0 Å². The molecule has 5 heteroatoms. The summed E-state index contributed by atoms with van der Waals surface area (Å²) < 4.78 is 0. The number of carbonyl (C=O) groups is 1. The van der Waals surface area contributed by atoms with Gasteiger partial charge in [0.15, 0.2) is 0 Å². The van der Waals surface area contributed by atoms with Crippen molar-refractivity contribution < 1.29 is 4.79 Å². The Labute approximate surface area is 124 Å². The summed E-state index contributed by atoms with van der Waals surface area (Å²) >= 11 is 5.94. The van der Waals surface area contributed by atoms with Crippen molar-refractivity contribution in [2.75, 3.05) is 19.6 Å². The lowest BCUT2D eigenvalue weighted by molar-refractivity contribution is 0.0662. The van der Waals surface area contributed by atoms with Crippen molar-refractivity contribution in [1.82, 2.24) is 10.2 Å². The van der Waals surface area contributed by atoms with Gasteiger partial charge in [-0.1, -0.05) is 17.7 Å². The van der Waals surface area contributed by atoms with Crippen LogP contribution >= 0.6 is 24.0 Å². The highest BCUT2D eigenvalue weighted by atomic mass is 35.5. The summed E-state index contributed by atoms with van der Waals surface area (Å²) in [4.78, 5) is 14.4. The SMILES string of the molecule is Cl.O=C(c1cccc(Cl)c1)N1CCC2NCCC2C1. The third-order valence-corrected chi connectivity index (χ3v) is 4.25. The van der Waals surface area contributed by atoms with Gasteiger partial charge in [-0.3, -0.25) is 4.79 Å². The van der Waals surface area contributed by atoms with Gasteiger partial charge in [0.2, 0.25) is 0 Å². The Morgan fingerprint density at radius 3 is 3.00 bits per heavy atom. The molecule has 2 aliphatic rings. The number of rotatable bonds is 1. The summed E-state index contributed by atoms with van der Waals surface area (Å²) in [5.74, 6) is 0.740. The molecule has 0 spiro atoms. The van der Waals surface area contributed by atoms with Crippen LogP contribution in [0.25, 0.3) is 0 Å². The van der Waals surface area contributed by atoms with Crippen molar-refractivity contribution in [2.45, 2.75) is 18.9 Å². The van der Waals surface area contributed by atoms with E-state index in [1.54, 1.807) is 12.1 Å². The fraction of sp³-hybridized carbons (Fsp3) is 0.500. The number of amides is 1. The number of hydrogen-bond donors (Lipinski definition) is 1. The third-order valence-electron chi connectivity index (χ3n) is 4.01. The minimum Gasteiger partial charge on any atom is -0.338 e. The lowest BCUT2D eigenvalue weighted by atomic mass is 9.93. The van der Waals surface area contributed by atoms with Crippen LogP contribution in [-0.2, 0) is 0 Å². The highest BCUT2D eigenvalue weighted by Gasteiger charge is 2.34. The summed E-state index contributed by atoms with van der Waals surface area (Å²) in [6.45, 7) is 2.82. The molecule has 0 bridgehead atoms. The molecule has 1 amide bonds. The Morgan fingerprint density at radius 1 is 1.37 bits per heavy atom. The van der Waals surface area contributed by atoms with E-state index < -0.39 is 0 Å². The van der Waals surface area contributed by atoms with Crippen molar-refractivity contribution in [2.24, 2.45) is 5.92 Å². The number of nitrogens with one attached hydrogen (secondary N) is 1. The Kier molecular flexibility index (Phi) is 4.71. The van der Waals surface area contributed by atoms with Gasteiger partial charge in [0.25, 0.3) is 5.91 Å². The largest absolute Gasteiger partial charge is 0.338 e. The second-order valence-corrected chi connectivity index (χ2v) is 5.60. The van der Waals surface area contributed by atoms with E-state index in [1.807, 2.05) is 17.0 Å². The molecule has 3 rings (SSSR count). The molecule has 19 heavy (non-hydrogen) atoms. The van der Waals surface area contributed by atoms with Crippen molar-refractivity contribution in [3.05, 3.63) is 34.9 Å². The molecule has 2 heterocycles. The minimum absolute atomic E-state index is 0. The maximum atomic E-state index is 12.4. The number of likely N-dealkylation sites (tertiary alicyclic amines) is 1. The van der Waals surface area contributed by atoms with Crippen LogP contribution in [0.4, 0.5) is 0 Å². The smallest absolute Gasteiger partial charge is 0.253 e. The summed E-state index contributed by atoms with van der Waals surface area (Å²) in [6, 6.07) is 7.84. The van der Waals surface area contributed by atoms with Crippen molar-refractivity contribution >= 4 is 29.9 Å². The van der Waals surface area contributed by atoms with Gasteiger partial charge in [-0.2, -0.15) is 0 Å². The van der Waals surface area contributed by atoms with E-state index in [-0.39, 0.29) is 18.3 Å². The Morgan fingerprint density at radius 2 is 2.21 bits per heavy atom. The van der Waals surface area contributed by atoms with Crippen LogP contribution in [0, 0.1) is 5.92 Å². The van der Waals surface area contributed by atoms with Crippen LogP contribution in [0.1, 0.15) is 23.2 Å². The molecule has 2 fully saturated rings. The highest BCUT2D eigenvalue weighted by molar-refractivity contribution is 6.30. The summed E-state index contributed by atoms with van der Waals surface area (Å²) in [5.41, 5.74) is 0.701. The summed E-state index contributed by atoms with van der Waals surface area (Å²) in [6.07, 6.45) is 2.25. The number of hydrogen-bond acceptors (Lipinski definition) is 2. The molecular weight excluding hydrogens is 283 g/mol. The number of nitrogens with zero attached hydrogens (tertiary/aromatic N) is 1. The molecule has 2 saturated heterocycles. The van der Waals surface area contributed by atoms with E-state index >= 15 is 0 Å². The van der Waals surface area contributed by atoms with Crippen molar-refractivity contribution in [3.8, 4) is 0 Å². The van der Waals surface area contributed by atoms with Crippen LogP contribution in [0.5, 0.6) is 0 Å². The molecule has 2 aliphatic heterocycles. The van der Waals surface area contributed by atoms with Crippen molar-refractivity contribution in [1.29, 1.82) is 0 Å². The van der Waals surface area contributed by atoms with Crippen LogP contribution in [-0.4, -0.2) is 36.5 Å². The molecule has 3 nitrogen and oxygen atoms in total. The topological polar surface area (TPSA) is 32.3 Å². The average Bonchev–Trinajstić information content (AvgIpc) is 2.85. The normalized spacial score (nSPS) is 25.6. The first-order valence-electron chi connectivity index (χ1n) is 6.52. The molecule has 1 aromatic carbocycles. The van der Waals surface area contributed by atoms with E-state index in [1.165, 1.54) is 6.42 Å². The molecule has 1 aromatic rings. The summed E-state index contributed by atoms with van der Waals surface area (Å²) in [7, 11) is 0. The number of fused-ring (bicyclic) bond motifs is 1. The first kappa shape index (κ1) is 14.6. The molecule has 2 atom stereocenters. The highest BCUT2D eigenvalue weighted by Crippen LogP contribution is 2.25. The molecule has 104 valence electrons. The second-order valence-electron chi connectivity index (χ2n) is 5.16. The summed E-state index contributed by atoms with van der Waals surface area (Å²) in [5, 5.41) is 4.13. The average molecular weight is 301 g/mol. The Balaban J connectivity index is 0.00000133. The second kappa shape index (κ2) is 6.12. The zero-order chi connectivity index (χ0) is 12.5. The maximum Gasteiger partial charge on any atom is 0.253 e. The van der Waals surface area contributed by atoms with E-state index in [0.29, 0.717) is 22.5 Å². The van der Waals surface area contributed by atoms with E-state index in [0.717, 1.165) is 26.1 Å². The van der Waals surface area contributed by atoms with E-state index in [9.17, 15) is 4.79 Å². The molecule has 2 unspecified atom stereocenters. The number of carbonyl (C=O) groups excluding carboxylic acids is 1. The molecule has 0 radical (unpaired) electrons. The monoisotopic (exact) mass is 300 g/mol. The number of benzene rings is 1. The van der Waals surface area contributed by atoms with Gasteiger partial charge in [0.1, 0.15) is 0 Å². The first-order valence-corrected chi connectivity index (χ1v) is 6.90. The van der Waals surface area contributed by atoms with Crippen LogP contribution in [0.2, 0.25) is 5.02 Å². The molecule has 0 aliphatic carbocycles. The first-order chi connectivity index (χ1) is 8.74. The Hall–Kier alpha value is -0.770. The van der Waals surface area contributed by atoms with Gasteiger partial charge in [-0.15, -0.1) is 12.4 Å². The fourth-order valence-electron chi connectivity index (χ4n) is 3.04. The molecular formula is C14H18Cl2N2O. The zero-order valence-corrected chi connectivity index (χ0v) is 12.2. The number of piperidine rings is 1. The Bertz CT molecular complexity index is 467. The van der Waals surface area contributed by atoms with Crippen LogP contribution in [0.3, 0.4) is 0 Å².